The van der Waals surface area contributed by atoms with Gasteiger partial charge in [-0.25, -0.2) is 0 Å². The lowest BCUT2D eigenvalue weighted by molar-refractivity contribution is 0.202. The molecule has 1 N–H and O–H groups in total. The highest BCUT2D eigenvalue weighted by Crippen LogP contribution is 2.07. The standard InChI is InChI=1S/C13H30N4/c1-13-12-16(4)8-5-9-17(13)11-7-14-6-10-15(2)3/h13-14H,5-12H2,1-4H3. The molecule has 4 heteroatoms. The summed E-state index contributed by atoms with van der Waals surface area (Å²) in [5.74, 6) is 0. The third-order valence-corrected chi connectivity index (χ3v) is 3.50. The van der Waals surface area contributed by atoms with Gasteiger partial charge in [0.1, 0.15) is 0 Å². The minimum Gasteiger partial charge on any atom is -0.314 e. The van der Waals surface area contributed by atoms with E-state index in [1.165, 1.54) is 32.6 Å². The van der Waals surface area contributed by atoms with Crippen LogP contribution in [0.15, 0.2) is 0 Å². The average Bonchev–Trinajstić information content (AvgIpc) is 2.39. The number of likely N-dealkylation sites (N-methyl/N-ethyl adjacent to an activating group) is 2. The fraction of sp³-hybridized carbons (Fsp3) is 1.00. The van der Waals surface area contributed by atoms with Crippen LogP contribution in [0.3, 0.4) is 0 Å². The molecule has 1 unspecified atom stereocenters. The van der Waals surface area contributed by atoms with Crippen molar-refractivity contribution in [2.75, 3.05) is 67.0 Å². The van der Waals surface area contributed by atoms with Crippen LogP contribution in [0.2, 0.25) is 0 Å². The SMILES string of the molecule is CC1CN(C)CCCN1CCNCCN(C)C. The fourth-order valence-electron chi connectivity index (χ4n) is 2.40. The highest BCUT2D eigenvalue weighted by atomic mass is 15.2. The molecular formula is C13H30N4. The Morgan fingerprint density at radius 3 is 2.71 bits per heavy atom. The van der Waals surface area contributed by atoms with Crippen LogP contribution in [0.25, 0.3) is 0 Å². The largest absolute Gasteiger partial charge is 0.314 e. The Labute approximate surface area is 107 Å². The van der Waals surface area contributed by atoms with E-state index in [2.05, 4.69) is 48.1 Å². The van der Waals surface area contributed by atoms with Gasteiger partial charge >= 0.3 is 0 Å². The van der Waals surface area contributed by atoms with Crippen LogP contribution >= 0.6 is 0 Å². The van der Waals surface area contributed by atoms with Gasteiger partial charge in [0.25, 0.3) is 0 Å². The predicted molar refractivity (Wildman–Crippen MR) is 74.6 cm³/mol. The van der Waals surface area contributed by atoms with Crippen molar-refractivity contribution in [1.82, 2.24) is 20.0 Å². The number of rotatable bonds is 6. The molecule has 1 rings (SSSR count). The molecule has 0 aliphatic carbocycles. The van der Waals surface area contributed by atoms with E-state index in [4.69, 9.17) is 0 Å². The van der Waals surface area contributed by atoms with Crippen molar-refractivity contribution in [3.63, 3.8) is 0 Å². The first kappa shape index (κ1) is 14.9. The van der Waals surface area contributed by atoms with Crippen molar-refractivity contribution in [2.45, 2.75) is 19.4 Å². The van der Waals surface area contributed by atoms with Gasteiger partial charge in [0.05, 0.1) is 0 Å². The topological polar surface area (TPSA) is 21.8 Å². The Kier molecular flexibility index (Phi) is 7.04. The van der Waals surface area contributed by atoms with E-state index in [0.29, 0.717) is 6.04 Å². The Hall–Kier alpha value is -0.160. The number of nitrogens with zero attached hydrogens (tertiary/aromatic N) is 3. The van der Waals surface area contributed by atoms with Gasteiger partial charge in [0.15, 0.2) is 0 Å². The summed E-state index contributed by atoms with van der Waals surface area (Å²) in [6, 6.07) is 0.693. The quantitative estimate of drug-likeness (QED) is 0.670. The van der Waals surface area contributed by atoms with Gasteiger partial charge < -0.3 is 15.1 Å². The lowest BCUT2D eigenvalue weighted by Crippen LogP contribution is -2.42. The first-order chi connectivity index (χ1) is 8.09. The number of hydrogen-bond donors (Lipinski definition) is 1. The number of nitrogens with one attached hydrogen (secondary N) is 1. The van der Waals surface area contributed by atoms with Crippen molar-refractivity contribution in [2.24, 2.45) is 0 Å². The molecule has 0 amide bonds. The molecule has 1 heterocycles. The zero-order valence-electron chi connectivity index (χ0n) is 12.1. The van der Waals surface area contributed by atoms with Crippen molar-refractivity contribution in [3.05, 3.63) is 0 Å². The van der Waals surface area contributed by atoms with Crippen LogP contribution in [0.5, 0.6) is 0 Å². The first-order valence-electron chi connectivity index (χ1n) is 6.87. The highest BCUT2D eigenvalue weighted by molar-refractivity contribution is 4.75. The van der Waals surface area contributed by atoms with E-state index in [9.17, 15) is 0 Å². The maximum atomic E-state index is 3.52. The van der Waals surface area contributed by atoms with Gasteiger partial charge in [-0.2, -0.15) is 0 Å². The van der Waals surface area contributed by atoms with E-state index >= 15 is 0 Å². The van der Waals surface area contributed by atoms with E-state index < -0.39 is 0 Å². The lowest BCUT2D eigenvalue weighted by atomic mass is 10.2. The normalized spacial score (nSPS) is 24.2. The minimum atomic E-state index is 0.693. The van der Waals surface area contributed by atoms with Crippen LogP contribution in [0.1, 0.15) is 13.3 Å². The van der Waals surface area contributed by atoms with Gasteiger partial charge in [-0.1, -0.05) is 0 Å². The molecule has 1 aliphatic heterocycles. The maximum absolute atomic E-state index is 3.52. The van der Waals surface area contributed by atoms with Crippen molar-refractivity contribution in [1.29, 1.82) is 0 Å². The Morgan fingerprint density at radius 1 is 1.24 bits per heavy atom. The van der Waals surface area contributed by atoms with Gasteiger partial charge in [0, 0.05) is 38.8 Å². The molecule has 17 heavy (non-hydrogen) atoms. The second-order valence-corrected chi connectivity index (χ2v) is 5.55. The number of hydrogen-bond acceptors (Lipinski definition) is 4. The summed E-state index contributed by atoms with van der Waals surface area (Å²) in [6.45, 7) is 10.6. The van der Waals surface area contributed by atoms with Gasteiger partial charge in [0.2, 0.25) is 0 Å². The van der Waals surface area contributed by atoms with E-state index in [1.807, 2.05) is 0 Å². The summed E-state index contributed by atoms with van der Waals surface area (Å²) in [6.07, 6.45) is 1.30. The van der Waals surface area contributed by atoms with Crippen molar-refractivity contribution >= 4 is 0 Å². The lowest BCUT2D eigenvalue weighted by Gasteiger charge is -2.28. The molecular weight excluding hydrogens is 212 g/mol. The van der Waals surface area contributed by atoms with E-state index in [-0.39, 0.29) is 0 Å². The molecule has 1 fully saturated rings. The van der Waals surface area contributed by atoms with Crippen molar-refractivity contribution < 1.29 is 0 Å². The third-order valence-electron chi connectivity index (χ3n) is 3.50. The summed E-state index contributed by atoms with van der Waals surface area (Å²) in [5.41, 5.74) is 0. The van der Waals surface area contributed by atoms with Crippen LogP contribution in [0, 0.1) is 0 Å². The third kappa shape index (κ3) is 6.36. The molecule has 0 spiro atoms. The average molecular weight is 242 g/mol. The van der Waals surface area contributed by atoms with Gasteiger partial charge in [-0.3, -0.25) is 4.90 Å². The Morgan fingerprint density at radius 2 is 2.00 bits per heavy atom. The second-order valence-electron chi connectivity index (χ2n) is 5.55. The van der Waals surface area contributed by atoms with E-state index in [1.54, 1.807) is 0 Å². The molecule has 102 valence electrons. The maximum Gasteiger partial charge on any atom is 0.0195 e. The van der Waals surface area contributed by atoms with E-state index in [0.717, 1.165) is 19.6 Å². The zero-order chi connectivity index (χ0) is 12.7. The predicted octanol–water partition coefficient (Wildman–Crippen LogP) is 0.164. The molecule has 0 aromatic carbocycles. The van der Waals surface area contributed by atoms with Crippen LogP contribution < -0.4 is 5.32 Å². The molecule has 0 aromatic rings. The zero-order valence-corrected chi connectivity index (χ0v) is 12.1. The van der Waals surface area contributed by atoms with Crippen LogP contribution in [-0.2, 0) is 0 Å². The minimum absolute atomic E-state index is 0.693. The molecule has 1 aliphatic rings. The summed E-state index contributed by atoms with van der Waals surface area (Å²) >= 11 is 0. The smallest absolute Gasteiger partial charge is 0.0195 e. The molecule has 4 nitrogen and oxygen atoms in total. The summed E-state index contributed by atoms with van der Waals surface area (Å²) in [7, 11) is 6.47. The highest BCUT2D eigenvalue weighted by Gasteiger charge is 2.18. The van der Waals surface area contributed by atoms with Crippen LogP contribution in [0.4, 0.5) is 0 Å². The van der Waals surface area contributed by atoms with Crippen LogP contribution in [-0.4, -0.2) is 87.7 Å². The molecule has 0 radical (unpaired) electrons. The molecule has 0 aromatic heterocycles. The summed E-state index contributed by atoms with van der Waals surface area (Å²) < 4.78 is 0. The van der Waals surface area contributed by atoms with Gasteiger partial charge in [-0.15, -0.1) is 0 Å². The summed E-state index contributed by atoms with van der Waals surface area (Å²) in [5, 5.41) is 3.52. The first-order valence-corrected chi connectivity index (χ1v) is 6.87. The Balaban J connectivity index is 2.12. The summed E-state index contributed by atoms with van der Waals surface area (Å²) in [4.78, 5) is 7.28. The van der Waals surface area contributed by atoms with Crippen molar-refractivity contribution in [3.8, 4) is 0 Å². The monoisotopic (exact) mass is 242 g/mol. The molecule has 1 atom stereocenters. The second kappa shape index (κ2) is 8.03. The van der Waals surface area contributed by atoms with Gasteiger partial charge in [-0.05, 0) is 47.6 Å². The molecule has 1 saturated heterocycles. The molecule has 0 saturated carbocycles. The Bertz CT molecular complexity index is 196. The fourth-order valence-corrected chi connectivity index (χ4v) is 2.40. The molecule has 0 bridgehead atoms.